The summed E-state index contributed by atoms with van der Waals surface area (Å²) < 4.78 is 5.40. The molecule has 17 heavy (non-hydrogen) atoms. The van der Waals surface area contributed by atoms with E-state index in [9.17, 15) is 0 Å². The third-order valence-corrected chi connectivity index (χ3v) is 2.56. The largest absolute Gasteiger partial charge is 0.478 e. The molecule has 0 spiro atoms. The van der Waals surface area contributed by atoms with Crippen LogP contribution in [0.1, 0.15) is 25.8 Å². The fraction of sp³-hybridized carbons (Fsp3) is 0.667. The molecule has 1 heterocycles. The van der Waals surface area contributed by atoms with E-state index in [1.54, 1.807) is 0 Å². The van der Waals surface area contributed by atoms with Crippen LogP contribution in [-0.2, 0) is 0 Å². The molecule has 5 heteroatoms. The standard InChI is InChI=1S/C12H21N3O2/c1-4-17-12-10(3)11(14-8-15-12)13-7-9(2)5-6-16/h8-9,16H,4-7H2,1-3H3,(H,13,14,15). The van der Waals surface area contributed by atoms with Gasteiger partial charge < -0.3 is 15.2 Å². The molecule has 0 aliphatic rings. The quantitative estimate of drug-likeness (QED) is 0.756. The highest BCUT2D eigenvalue weighted by molar-refractivity contribution is 5.47. The number of aliphatic hydroxyl groups is 1. The van der Waals surface area contributed by atoms with Crippen molar-refractivity contribution in [2.45, 2.75) is 27.2 Å². The fourth-order valence-corrected chi connectivity index (χ4v) is 1.49. The van der Waals surface area contributed by atoms with Crippen LogP contribution in [0.5, 0.6) is 5.88 Å². The summed E-state index contributed by atoms with van der Waals surface area (Å²) in [6, 6.07) is 0. The molecule has 0 aromatic carbocycles. The molecule has 1 rings (SSSR count). The Bertz CT molecular complexity index is 345. The van der Waals surface area contributed by atoms with Gasteiger partial charge in [0.15, 0.2) is 0 Å². The van der Waals surface area contributed by atoms with Crippen molar-refractivity contribution in [3.8, 4) is 5.88 Å². The molecule has 1 unspecified atom stereocenters. The fourth-order valence-electron chi connectivity index (χ4n) is 1.49. The molecule has 0 saturated carbocycles. The molecule has 2 N–H and O–H groups in total. The van der Waals surface area contributed by atoms with E-state index in [0.717, 1.165) is 24.3 Å². The molecule has 1 atom stereocenters. The van der Waals surface area contributed by atoms with E-state index in [0.29, 0.717) is 18.4 Å². The molecule has 0 amide bonds. The highest BCUT2D eigenvalue weighted by Gasteiger charge is 2.08. The van der Waals surface area contributed by atoms with Crippen molar-refractivity contribution < 1.29 is 9.84 Å². The Kier molecular flexibility index (Phi) is 5.69. The van der Waals surface area contributed by atoms with Gasteiger partial charge in [0.2, 0.25) is 5.88 Å². The Morgan fingerprint density at radius 2 is 2.24 bits per heavy atom. The molecule has 1 aromatic rings. The number of rotatable bonds is 7. The molecule has 96 valence electrons. The van der Waals surface area contributed by atoms with Gasteiger partial charge in [0.1, 0.15) is 12.1 Å². The number of aromatic nitrogens is 2. The Balaban J connectivity index is 2.61. The van der Waals surface area contributed by atoms with Crippen LogP contribution < -0.4 is 10.1 Å². The summed E-state index contributed by atoms with van der Waals surface area (Å²) in [6.07, 6.45) is 2.28. The summed E-state index contributed by atoms with van der Waals surface area (Å²) in [6.45, 7) is 7.54. The summed E-state index contributed by atoms with van der Waals surface area (Å²) >= 11 is 0. The summed E-state index contributed by atoms with van der Waals surface area (Å²) in [4.78, 5) is 8.27. The van der Waals surface area contributed by atoms with Crippen molar-refractivity contribution in [1.82, 2.24) is 9.97 Å². The third-order valence-electron chi connectivity index (χ3n) is 2.56. The number of aliphatic hydroxyl groups excluding tert-OH is 1. The van der Waals surface area contributed by atoms with E-state index < -0.39 is 0 Å². The maximum absolute atomic E-state index is 8.83. The van der Waals surface area contributed by atoms with Crippen LogP contribution in [-0.4, -0.2) is 34.8 Å². The average Bonchev–Trinajstić information content (AvgIpc) is 2.31. The highest BCUT2D eigenvalue weighted by atomic mass is 16.5. The molecule has 0 aliphatic carbocycles. The second-order valence-electron chi connectivity index (χ2n) is 4.08. The molecule has 0 fully saturated rings. The predicted octanol–water partition coefficient (Wildman–Crippen LogP) is 1.61. The molecule has 0 aliphatic heterocycles. The van der Waals surface area contributed by atoms with Gasteiger partial charge in [0.25, 0.3) is 0 Å². The van der Waals surface area contributed by atoms with Gasteiger partial charge in [-0.15, -0.1) is 0 Å². The topological polar surface area (TPSA) is 67.3 Å². The van der Waals surface area contributed by atoms with Gasteiger partial charge >= 0.3 is 0 Å². The van der Waals surface area contributed by atoms with Crippen molar-refractivity contribution in [3.05, 3.63) is 11.9 Å². The summed E-state index contributed by atoms with van der Waals surface area (Å²) in [7, 11) is 0. The molecule has 5 nitrogen and oxygen atoms in total. The van der Waals surface area contributed by atoms with Crippen LogP contribution in [0.15, 0.2) is 6.33 Å². The first-order chi connectivity index (χ1) is 8.19. The number of ether oxygens (including phenoxy) is 1. The Labute approximate surface area is 102 Å². The van der Waals surface area contributed by atoms with Crippen molar-refractivity contribution >= 4 is 5.82 Å². The minimum absolute atomic E-state index is 0.218. The van der Waals surface area contributed by atoms with Gasteiger partial charge in [-0.05, 0) is 26.2 Å². The number of hydrogen-bond acceptors (Lipinski definition) is 5. The maximum atomic E-state index is 8.83. The van der Waals surface area contributed by atoms with E-state index >= 15 is 0 Å². The van der Waals surface area contributed by atoms with Gasteiger partial charge in [-0.25, -0.2) is 9.97 Å². The van der Waals surface area contributed by atoms with E-state index in [1.165, 1.54) is 6.33 Å². The smallest absolute Gasteiger partial charge is 0.221 e. The highest BCUT2D eigenvalue weighted by Crippen LogP contribution is 2.20. The molecular weight excluding hydrogens is 218 g/mol. The maximum Gasteiger partial charge on any atom is 0.221 e. The zero-order valence-electron chi connectivity index (χ0n) is 10.7. The van der Waals surface area contributed by atoms with Crippen LogP contribution in [0.2, 0.25) is 0 Å². The van der Waals surface area contributed by atoms with E-state index in [-0.39, 0.29) is 6.61 Å². The number of anilines is 1. The second kappa shape index (κ2) is 7.06. The zero-order valence-corrected chi connectivity index (χ0v) is 10.7. The van der Waals surface area contributed by atoms with Crippen LogP contribution in [0.25, 0.3) is 0 Å². The first-order valence-electron chi connectivity index (χ1n) is 5.98. The van der Waals surface area contributed by atoms with E-state index in [2.05, 4.69) is 22.2 Å². The lowest BCUT2D eigenvalue weighted by Gasteiger charge is -2.14. The van der Waals surface area contributed by atoms with Gasteiger partial charge in [-0.1, -0.05) is 6.92 Å². The molecule has 0 saturated heterocycles. The third kappa shape index (κ3) is 4.19. The first-order valence-corrected chi connectivity index (χ1v) is 5.98. The van der Waals surface area contributed by atoms with Crippen molar-refractivity contribution in [1.29, 1.82) is 0 Å². The molecule has 0 radical (unpaired) electrons. The Morgan fingerprint density at radius 3 is 2.88 bits per heavy atom. The van der Waals surface area contributed by atoms with Crippen LogP contribution >= 0.6 is 0 Å². The van der Waals surface area contributed by atoms with Crippen molar-refractivity contribution in [2.24, 2.45) is 5.92 Å². The van der Waals surface area contributed by atoms with E-state index in [4.69, 9.17) is 9.84 Å². The zero-order chi connectivity index (χ0) is 12.7. The first kappa shape index (κ1) is 13.7. The lowest BCUT2D eigenvalue weighted by atomic mass is 10.1. The van der Waals surface area contributed by atoms with Crippen LogP contribution in [0, 0.1) is 12.8 Å². The van der Waals surface area contributed by atoms with E-state index in [1.807, 2.05) is 13.8 Å². The van der Waals surface area contributed by atoms with Gasteiger partial charge in [0.05, 0.1) is 12.2 Å². The SMILES string of the molecule is CCOc1ncnc(NCC(C)CCO)c1C. The van der Waals surface area contributed by atoms with Gasteiger partial charge in [-0.3, -0.25) is 0 Å². The number of nitrogens with zero attached hydrogens (tertiary/aromatic N) is 2. The van der Waals surface area contributed by atoms with Gasteiger partial charge in [-0.2, -0.15) is 0 Å². The minimum Gasteiger partial charge on any atom is -0.478 e. The summed E-state index contributed by atoms with van der Waals surface area (Å²) in [5.74, 6) is 1.83. The minimum atomic E-state index is 0.218. The monoisotopic (exact) mass is 239 g/mol. The van der Waals surface area contributed by atoms with Gasteiger partial charge in [0, 0.05) is 13.2 Å². The number of hydrogen-bond donors (Lipinski definition) is 2. The second-order valence-corrected chi connectivity index (χ2v) is 4.08. The predicted molar refractivity (Wildman–Crippen MR) is 67.3 cm³/mol. The lowest BCUT2D eigenvalue weighted by Crippen LogP contribution is -2.14. The summed E-state index contributed by atoms with van der Waals surface area (Å²) in [5, 5.41) is 12.1. The Morgan fingerprint density at radius 1 is 1.47 bits per heavy atom. The Hall–Kier alpha value is -1.36. The van der Waals surface area contributed by atoms with Crippen LogP contribution in [0.4, 0.5) is 5.82 Å². The lowest BCUT2D eigenvalue weighted by molar-refractivity contribution is 0.265. The molecule has 0 bridgehead atoms. The molecule has 1 aromatic heterocycles. The number of nitrogens with one attached hydrogen (secondary N) is 1. The van der Waals surface area contributed by atoms with Crippen molar-refractivity contribution in [3.63, 3.8) is 0 Å². The van der Waals surface area contributed by atoms with Crippen LogP contribution in [0.3, 0.4) is 0 Å². The normalized spacial score (nSPS) is 12.2. The molecular formula is C12H21N3O2. The van der Waals surface area contributed by atoms with Crippen molar-refractivity contribution in [2.75, 3.05) is 25.1 Å². The average molecular weight is 239 g/mol. The summed E-state index contributed by atoms with van der Waals surface area (Å²) in [5.41, 5.74) is 0.922.